The molecule has 1 atom stereocenters. The average Bonchev–Trinajstić information content (AvgIpc) is 2.89. The van der Waals surface area contributed by atoms with Gasteiger partial charge in [-0.3, -0.25) is 9.59 Å². The first-order chi connectivity index (χ1) is 11.9. The largest absolute Gasteiger partial charge is 0.344 e. The molecule has 2 aromatic carbocycles. The normalized spacial score (nSPS) is 17.0. The van der Waals surface area contributed by atoms with Gasteiger partial charge in [0, 0.05) is 12.2 Å². The first kappa shape index (κ1) is 17.2. The molecule has 1 saturated heterocycles. The number of aryl methyl sites for hydroxylation is 3. The Labute approximate surface area is 148 Å². The van der Waals surface area contributed by atoms with Crippen LogP contribution in [0.3, 0.4) is 0 Å². The van der Waals surface area contributed by atoms with Gasteiger partial charge in [-0.25, -0.2) is 0 Å². The van der Waals surface area contributed by atoms with Crippen LogP contribution in [0.15, 0.2) is 42.5 Å². The molecule has 2 amide bonds. The molecule has 4 heteroatoms. The molecule has 2 aromatic rings. The zero-order chi connectivity index (χ0) is 18.0. The van der Waals surface area contributed by atoms with E-state index in [1.165, 1.54) is 0 Å². The lowest BCUT2D eigenvalue weighted by Gasteiger charge is -2.18. The Morgan fingerprint density at radius 1 is 1.12 bits per heavy atom. The Bertz CT molecular complexity index is 793. The summed E-state index contributed by atoms with van der Waals surface area (Å²) in [6.45, 7) is 6.68. The Balaban J connectivity index is 1.66. The SMILES string of the molecule is Cc1cc(C)cc(N2CC[C@@H](NC(=O)Cc3ccccc3C)C2=O)c1. The predicted octanol–water partition coefficient (Wildman–Crippen LogP) is 3.08. The van der Waals surface area contributed by atoms with Gasteiger partial charge in [0.15, 0.2) is 0 Å². The van der Waals surface area contributed by atoms with Gasteiger partial charge in [0.1, 0.15) is 6.04 Å². The van der Waals surface area contributed by atoms with E-state index in [1.54, 1.807) is 4.90 Å². The predicted molar refractivity (Wildman–Crippen MR) is 99.7 cm³/mol. The molecule has 0 aromatic heterocycles. The van der Waals surface area contributed by atoms with Crippen molar-refractivity contribution in [3.63, 3.8) is 0 Å². The van der Waals surface area contributed by atoms with Crippen LogP contribution in [0.1, 0.15) is 28.7 Å². The van der Waals surface area contributed by atoms with Crippen molar-refractivity contribution in [3.05, 3.63) is 64.7 Å². The summed E-state index contributed by atoms with van der Waals surface area (Å²) in [6.07, 6.45) is 0.950. The van der Waals surface area contributed by atoms with Crippen LogP contribution in [0.25, 0.3) is 0 Å². The maximum absolute atomic E-state index is 12.7. The second kappa shape index (κ2) is 7.09. The Morgan fingerprint density at radius 3 is 2.48 bits per heavy atom. The number of carbonyl (C=O) groups excluding carboxylic acids is 2. The van der Waals surface area contributed by atoms with Gasteiger partial charge in [-0.05, 0) is 61.6 Å². The fraction of sp³-hybridized carbons (Fsp3) is 0.333. The van der Waals surface area contributed by atoms with Crippen LogP contribution < -0.4 is 10.2 Å². The summed E-state index contributed by atoms with van der Waals surface area (Å²) in [6, 6.07) is 13.5. The van der Waals surface area contributed by atoms with Crippen molar-refractivity contribution in [2.24, 2.45) is 0 Å². The molecule has 0 unspecified atom stereocenters. The number of amides is 2. The fourth-order valence-corrected chi connectivity index (χ4v) is 3.40. The minimum Gasteiger partial charge on any atom is -0.344 e. The summed E-state index contributed by atoms with van der Waals surface area (Å²) >= 11 is 0. The topological polar surface area (TPSA) is 49.4 Å². The third kappa shape index (κ3) is 3.90. The van der Waals surface area contributed by atoms with Gasteiger partial charge in [-0.2, -0.15) is 0 Å². The maximum Gasteiger partial charge on any atom is 0.249 e. The van der Waals surface area contributed by atoms with Gasteiger partial charge < -0.3 is 10.2 Å². The van der Waals surface area contributed by atoms with E-state index < -0.39 is 6.04 Å². The lowest BCUT2D eigenvalue weighted by molar-refractivity contribution is -0.126. The molecular formula is C21H24N2O2. The number of hydrogen-bond donors (Lipinski definition) is 1. The highest BCUT2D eigenvalue weighted by molar-refractivity contribution is 6.01. The van der Waals surface area contributed by atoms with E-state index in [1.807, 2.05) is 57.2 Å². The van der Waals surface area contributed by atoms with Crippen molar-refractivity contribution in [2.75, 3.05) is 11.4 Å². The summed E-state index contributed by atoms with van der Waals surface area (Å²) in [5.41, 5.74) is 5.27. The summed E-state index contributed by atoms with van der Waals surface area (Å²) in [5.74, 6) is -0.127. The van der Waals surface area contributed by atoms with Gasteiger partial charge in [-0.1, -0.05) is 30.3 Å². The minimum atomic E-state index is -0.433. The maximum atomic E-state index is 12.7. The number of hydrogen-bond acceptors (Lipinski definition) is 2. The Hall–Kier alpha value is -2.62. The number of rotatable bonds is 4. The molecule has 0 aliphatic carbocycles. The van der Waals surface area contributed by atoms with E-state index in [0.717, 1.165) is 27.9 Å². The summed E-state index contributed by atoms with van der Waals surface area (Å²) in [7, 11) is 0. The van der Waals surface area contributed by atoms with Crippen molar-refractivity contribution in [1.29, 1.82) is 0 Å². The molecule has 1 N–H and O–H groups in total. The third-order valence-corrected chi connectivity index (χ3v) is 4.67. The molecule has 130 valence electrons. The van der Waals surface area contributed by atoms with Gasteiger partial charge in [-0.15, -0.1) is 0 Å². The molecule has 1 aliphatic heterocycles. The second-order valence-electron chi connectivity index (χ2n) is 6.85. The second-order valence-corrected chi connectivity index (χ2v) is 6.85. The molecule has 0 spiro atoms. The molecule has 4 nitrogen and oxygen atoms in total. The standard InChI is InChI=1S/C21H24N2O2/c1-14-10-15(2)12-18(11-14)23-9-8-19(21(23)25)22-20(24)13-17-7-5-4-6-16(17)3/h4-7,10-12,19H,8-9,13H2,1-3H3,(H,22,24)/t19-/m1/s1. The quantitative estimate of drug-likeness (QED) is 0.933. The van der Waals surface area contributed by atoms with Crippen molar-refractivity contribution in [2.45, 2.75) is 39.7 Å². The summed E-state index contributed by atoms with van der Waals surface area (Å²) in [4.78, 5) is 26.8. The van der Waals surface area contributed by atoms with Gasteiger partial charge in [0.25, 0.3) is 0 Å². The summed E-state index contributed by atoms with van der Waals surface area (Å²) < 4.78 is 0. The van der Waals surface area contributed by atoms with Crippen LogP contribution in [0.5, 0.6) is 0 Å². The van der Waals surface area contributed by atoms with E-state index >= 15 is 0 Å². The van der Waals surface area contributed by atoms with Crippen molar-refractivity contribution in [1.82, 2.24) is 5.32 Å². The Morgan fingerprint density at radius 2 is 1.80 bits per heavy atom. The first-order valence-electron chi connectivity index (χ1n) is 8.67. The van der Waals surface area contributed by atoms with Crippen LogP contribution in [0, 0.1) is 20.8 Å². The van der Waals surface area contributed by atoms with Gasteiger partial charge in [0.2, 0.25) is 11.8 Å². The number of carbonyl (C=O) groups is 2. The van der Waals surface area contributed by atoms with E-state index in [2.05, 4.69) is 11.4 Å². The van der Waals surface area contributed by atoms with Crippen molar-refractivity contribution < 1.29 is 9.59 Å². The third-order valence-electron chi connectivity index (χ3n) is 4.67. The fourth-order valence-electron chi connectivity index (χ4n) is 3.40. The molecule has 0 saturated carbocycles. The monoisotopic (exact) mass is 336 g/mol. The zero-order valence-electron chi connectivity index (χ0n) is 15.0. The molecule has 1 heterocycles. The molecule has 3 rings (SSSR count). The zero-order valence-corrected chi connectivity index (χ0v) is 15.0. The number of nitrogens with zero attached hydrogens (tertiary/aromatic N) is 1. The number of benzene rings is 2. The Kier molecular flexibility index (Phi) is 4.88. The highest BCUT2D eigenvalue weighted by atomic mass is 16.2. The molecule has 1 aliphatic rings. The van der Waals surface area contributed by atoms with Crippen molar-refractivity contribution >= 4 is 17.5 Å². The highest BCUT2D eigenvalue weighted by Gasteiger charge is 2.33. The van der Waals surface area contributed by atoms with Crippen LogP contribution in [-0.4, -0.2) is 24.4 Å². The average molecular weight is 336 g/mol. The summed E-state index contributed by atoms with van der Waals surface area (Å²) in [5, 5.41) is 2.90. The highest BCUT2D eigenvalue weighted by Crippen LogP contribution is 2.24. The lowest BCUT2D eigenvalue weighted by atomic mass is 10.1. The van der Waals surface area contributed by atoms with Crippen molar-refractivity contribution in [3.8, 4) is 0 Å². The van der Waals surface area contributed by atoms with Crippen LogP contribution in [-0.2, 0) is 16.0 Å². The molecular weight excluding hydrogens is 312 g/mol. The molecule has 0 bridgehead atoms. The first-order valence-corrected chi connectivity index (χ1v) is 8.67. The smallest absolute Gasteiger partial charge is 0.249 e. The van der Waals surface area contributed by atoms with E-state index in [0.29, 0.717) is 19.4 Å². The number of anilines is 1. The molecule has 1 fully saturated rings. The van der Waals surface area contributed by atoms with Crippen LogP contribution in [0.4, 0.5) is 5.69 Å². The van der Waals surface area contributed by atoms with Crippen LogP contribution in [0.2, 0.25) is 0 Å². The lowest BCUT2D eigenvalue weighted by Crippen LogP contribution is -2.42. The van der Waals surface area contributed by atoms with Gasteiger partial charge in [0.05, 0.1) is 6.42 Å². The van der Waals surface area contributed by atoms with E-state index in [-0.39, 0.29) is 11.8 Å². The molecule has 0 radical (unpaired) electrons. The van der Waals surface area contributed by atoms with Crippen LogP contribution >= 0.6 is 0 Å². The van der Waals surface area contributed by atoms with Gasteiger partial charge >= 0.3 is 0 Å². The molecule has 25 heavy (non-hydrogen) atoms. The minimum absolute atomic E-state index is 0.0249. The number of nitrogens with one attached hydrogen (secondary N) is 1. The van der Waals surface area contributed by atoms with E-state index in [9.17, 15) is 9.59 Å². The van der Waals surface area contributed by atoms with E-state index in [4.69, 9.17) is 0 Å².